The summed E-state index contributed by atoms with van der Waals surface area (Å²) in [6.45, 7) is 2.12. The first-order chi connectivity index (χ1) is 13.3. The van der Waals surface area contributed by atoms with Crippen LogP contribution < -0.4 is 9.47 Å². The Morgan fingerprint density at radius 2 is 1.96 bits per heavy atom. The molecule has 27 heavy (non-hydrogen) atoms. The van der Waals surface area contributed by atoms with E-state index in [1.807, 2.05) is 40.7 Å². The third-order valence-electron chi connectivity index (χ3n) is 5.25. The number of benzene rings is 2. The highest BCUT2D eigenvalue weighted by molar-refractivity contribution is 7.16. The first kappa shape index (κ1) is 16.6. The van der Waals surface area contributed by atoms with Crippen LogP contribution in [0.2, 0.25) is 0 Å². The minimum atomic E-state index is 0.0758. The minimum absolute atomic E-state index is 0.0758. The normalized spacial score (nSPS) is 19.3. The van der Waals surface area contributed by atoms with Gasteiger partial charge in [-0.3, -0.25) is 4.79 Å². The summed E-state index contributed by atoms with van der Waals surface area (Å²) < 4.78 is 12.6. The highest BCUT2D eigenvalue weighted by atomic mass is 32.1. The summed E-state index contributed by atoms with van der Waals surface area (Å²) in [5.74, 6) is 1.66. The van der Waals surface area contributed by atoms with Gasteiger partial charge in [0.05, 0.1) is 35.0 Å². The summed E-state index contributed by atoms with van der Waals surface area (Å²) >= 11 is 1.56. The SMILES string of the molecule is O=C(c1ccc2ncsc2c1)N1CCCC1c1ccc2c(c1)OCCCO2. The Bertz CT molecular complexity index is 1000. The molecule has 5 rings (SSSR count). The topological polar surface area (TPSA) is 51.7 Å². The van der Waals surface area contributed by atoms with Gasteiger partial charge in [0.1, 0.15) is 0 Å². The second kappa shape index (κ2) is 6.85. The Labute approximate surface area is 161 Å². The molecule has 1 saturated heterocycles. The number of hydrogen-bond acceptors (Lipinski definition) is 5. The van der Waals surface area contributed by atoms with E-state index in [1.54, 1.807) is 11.3 Å². The number of fused-ring (bicyclic) bond motifs is 2. The molecule has 0 bridgehead atoms. The van der Waals surface area contributed by atoms with E-state index >= 15 is 0 Å². The van der Waals surface area contributed by atoms with Gasteiger partial charge in [0, 0.05) is 18.5 Å². The average Bonchev–Trinajstić information content (AvgIpc) is 3.31. The molecule has 0 radical (unpaired) electrons. The van der Waals surface area contributed by atoms with E-state index < -0.39 is 0 Å². The summed E-state index contributed by atoms with van der Waals surface area (Å²) in [4.78, 5) is 19.5. The minimum Gasteiger partial charge on any atom is -0.490 e. The zero-order valence-corrected chi connectivity index (χ0v) is 15.7. The summed E-state index contributed by atoms with van der Waals surface area (Å²) in [7, 11) is 0. The van der Waals surface area contributed by atoms with Crippen LogP contribution in [0.4, 0.5) is 0 Å². The van der Waals surface area contributed by atoms with Gasteiger partial charge in [0.25, 0.3) is 5.91 Å². The number of carbonyl (C=O) groups is 1. The number of aromatic nitrogens is 1. The van der Waals surface area contributed by atoms with Crippen molar-refractivity contribution in [2.24, 2.45) is 0 Å². The lowest BCUT2D eigenvalue weighted by atomic mass is 10.0. The van der Waals surface area contributed by atoms with E-state index in [9.17, 15) is 4.79 Å². The number of likely N-dealkylation sites (tertiary alicyclic amines) is 1. The summed E-state index contributed by atoms with van der Waals surface area (Å²) in [6, 6.07) is 11.9. The third-order valence-corrected chi connectivity index (χ3v) is 6.04. The van der Waals surface area contributed by atoms with Crippen molar-refractivity contribution in [3.63, 3.8) is 0 Å². The predicted octanol–water partition coefficient (Wildman–Crippen LogP) is 4.43. The summed E-state index contributed by atoms with van der Waals surface area (Å²) in [5, 5.41) is 0. The molecule has 2 aliphatic heterocycles. The monoisotopic (exact) mass is 380 g/mol. The lowest BCUT2D eigenvalue weighted by molar-refractivity contribution is 0.0735. The maximum atomic E-state index is 13.2. The fraction of sp³-hybridized carbons (Fsp3) is 0.333. The summed E-state index contributed by atoms with van der Waals surface area (Å²) in [6.07, 6.45) is 2.86. The van der Waals surface area contributed by atoms with E-state index in [-0.39, 0.29) is 11.9 Å². The molecule has 6 heteroatoms. The average molecular weight is 380 g/mol. The van der Waals surface area contributed by atoms with Gasteiger partial charge in [0.2, 0.25) is 0 Å². The van der Waals surface area contributed by atoms with Gasteiger partial charge in [-0.05, 0) is 48.7 Å². The second-order valence-electron chi connectivity index (χ2n) is 6.95. The zero-order valence-electron chi connectivity index (χ0n) is 14.9. The number of amides is 1. The maximum absolute atomic E-state index is 13.2. The van der Waals surface area contributed by atoms with E-state index in [4.69, 9.17) is 9.47 Å². The molecular formula is C21H20N2O3S. The predicted molar refractivity (Wildman–Crippen MR) is 105 cm³/mol. The van der Waals surface area contributed by atoms with E-state index in [0.717, 1.165) is 58.6 Å². The van der Waals surface area contributed by atoms with Gasteiger partial charge in [-0.25, -0.2) is 4.98 Å². The zero-order chi connectivity index (χ0) is 18.2. The fourth-order valence-electron chi connectivity index (χ4n) is 3.90. The van der Waals surface area contributed by atoms with Gasteiger partial charge in [-0.2, -0.15) is 0 Å². The van der Waals surface area contributed by atoms with Crippen molar-refractivity contribution >= 4 is 27.5 Å². The van der Waals surface area contributed by atoms with Crippen molar-refractivity contribution < 1.29 is 14.3 Å². The summed E-state index contributed by atoms with van der Waals surface area (Å²) in [5.41, 5.74) is 4.60. The van der Waals surface area contributed by atoms with Crippen molar-refractivity contribution in [2.75, 3.05) is 19.8 Å². The number of rotatable bonds is 2. The lowest BCUT2D eigenvalue weighted by Gasteiger charge is -2.26. The van der Waals surface area contributed by atoms with Crippen molar-refractivity contribution in [2.45, 2.75) is 25.3 Å². The van der Waals surface area contributed by atoms with Crippen LogP contribution in [0.15, 0.2) is 41.9 Å². The largest absolute Gasteiger partial charge is 0.490 e. The molecule has 2 aliphatic rings. The third kappa shape index (κ3) is 3.04. The Hall–Kier alpha value is -2.60. The molecule has 3 aromatic rings. The van der Waals surface area contributed by atoms with Crippen molar-refractivity contribution in [3.05, 3.63) is 53.0 Å². The smallest absolute Gasteiger partial charge is 0.254 e. The van der Waals surface area contributed by atoms with Crippen LogP contribution in [0.3, 0.4) is 0 Å². The molecule has 3 heterocycles. The molecule has 1 atom stereocenters. The van der Waals surface area contributed by atoms with Crippen LogP contribution in [-0.4, -0.2) is 35.5 Å². The number of thiazole rings is 1. The Kier molecular flexibility index (Phi) is 4.20. The molecule has 1 fully saturated rings. The van der Waals surface area contributed by atoms with Crippen molar-refractivity contribution in [1.82, 2.24) is 9.88 Å². The number of nitrogens with zero attached hydrogens (tertiary/aromatic N) is 2. The van der Waals surface area contributed by atoms with Crippen LogP contribution in [-0.2, 0) is 0 Å². The number of hydrogen-bond donors (Lipinski definition) is 0. The van der Waals surface area contributed by atoms with Crippen LogP contribution >= 0.6 is 11.3 Å². The van der Waals surface area contributed by atoms with Gasteiger partial charge >= 0.3 is 0 Å². The van der Waals surface area contributed by atoms with Crippen molar-refractivity contribution in [1.29, 1.82) is 0 Å². The van der Waals surface area contributed by atoms with E-state index in [0.29, 0.717) is 13.2 Å². The molecule has 0 saturated carbocycles. The second-order valence-corrected chi connectivity index (χ2v) is 7.83. The molecule has 138 valence electrons. The molecule has 1 amide bonds. The highest BCUT2D eigenvalue weighted by Gasteiger charge is 2.31. The van der Waals surface area contributed by atoms with Crippen LogP contribution in [0.5, 0.6) is 11.5 Å². The standard InChI is InChI=1S/C21H20N2O3S/c24-21(15-4-6-16-20(12-15)27-13-22-16)23-8-1-3-17(23)14-5-7-18-19(11-14)26-10-2-9-25-18/h4-7,11-13,17H,1-3,8-10H2. The quantitative estimate of drug-likeness (QED) is 0.660. The lowest BCUT2D eigenvalue weighted by Crippen LogP contribution is -2.30. The molecule has 5 nitrogen and oxygen atoms in total. The Balaban J connectivity index is 1.44. The molecule has 2 aromatic carbocycles. The molecule has 0 N–H and O–H groups in total. The first-order valence-electron chi connectivity index (χ1n) is 9.33. The molecule has 1 unspecified atom stereocenters. The first-order valence-corrected chi connectivity index (χ1v) is 10.2. The Morgan fingerprint density at radius 3 is 2.89 bits per heavy atom. The number of carbonyl (C=O) groups excluding carboxylic acids is 1. The molecule has 0 aliphatic carbocycles. The molecular weight excluding hydrogens is 360 g/mol. The van der Waals surface area contributed by atoms with Gasteiger partial charge < -0.3 is 14.4 Å². The maximum Gasteiger partial charge on any atom is 0.254 e. The molecule has 1 aromatic heterocycles. The van der Waals surface area contributed by atoms with Crippen LogP contribution in [0.1, 0.15) is 41.2 Å². The van der Waals surface area contributed by atoms with Crippen LogP contribution in [0, 0.1) is 0 Å². The van der Waals surface area contributed by atoms with Crippen LogP contribution in [0.25, 0.3) is 10.2 Å². The fourth-order valence-corrected chi connectivity index (χ4v) is 4.61. The van der Waals surface area contributed by atoms with Gasteiger partial charge in [-0.1, -0.05) is 6.07 Å². The van der Waals surface area contributed by atoms with E-state index in [1.165, 1.54) is 0 Å². The number of ether oxygens (including phenoxy) is 2. The highest BCUT2D eigenvalue weighted by Crippen LogP contribution is 2.38. The Morgan fingerprint density at radius 1 is 1.07 bits per heavy atom. The van der Waals surface area contributed by atoms with E-state index in [2.05, 4.69) is 11.1 Å². The van der Waals surface area contributed by atoms with Crippen molar-refractivity contribution in [3.8, 4) is 11.5 Å². The molecule has 0 spiro atoms. The van der Waals surface area contributed by atoms with Gasteiger partial charge in [0.15, 0.2) is 11.5 Å². The van der Waals surface area contributed by atoms with Gasteiger partial charge in [-0.15, -0.1) is 11.3 Å².